The van der Waals surface area contributed by atoms with E-state index in [4.69, 9.17) is 108 Å². The van der Waals surface area contributed by atoms with Crippen LogP contribution in [0.2, 0.25) is 10.0 Å². The lowest BCUT2D eigenvalue weighted by molar-refractivity contribution is -0.142. The van der Waals surface area contributed by atoms with Gasteiger partial charge in [-0.3, -0.25) is 28.8 Å². The number of aromatic nitrogens is 9. The molecule has 37 nitrogen and oxygen atoms in total. The fraction of sp³-hybridized carbons (Fsp3) is 0.298. The molecule has 6 aliphatic heterocycles. The highest BCUT2D eigenvalue weighted by atomic mass is 35.5. The van der Waals surface area contributed by atoms with Crippen LogP contribution >= 0.6 is 23.2 Å². The number of cyclic esters (lactones) is 3. The van der Waals surface area contributed by atoms with E-state index < -0.39 is 89.1 Å². The summed E-state index contributed by atoms with van der Waals surface area (Å²) in [7, 11) is 13.8. The fourth-order valence-electron chi connectivity index (χ4n) is 19.1. The van der Waals surface area contributed by atoms with Crippen LogP contribution in [-0.4, -0.2) is 190 Å². The highest BCUT2D eigenvalue weighted by molar-refractivity contribution is 6.42. The summed E-state index contributed by atoms with van der Waals surface area (Å²) in [5.74, 6) is 0.194. The average Bonchev–Trinajstić information content (AvgIpc) is 1.62. The number of ether oxygens (including phenoxy) is 18. The Kier molecular flexibility index (Phi) is 23.4. The number of halogens is 2. The summed E-state index contributed by atoms with van der Waals surface area (Å²) >= 11 is 12.2. The molecule has 684 valence electrons. The van der Waals surface area contributed by atoms with Crippen LogP contribution in [0, 0.1) is 42.4 Å². The molecule has 9 aromatic carbocycles. The van der Waals surface area contributed by atoms with Crippen molar-refractivity contribution in [1.29, 1.82) is 0 Å². The summed E-state index contributed by atoms with van der Waals surface area (Å²) in [6.07, 6.45) is 4.57. The van der Waals surface area contributed by atoms with Crippen LogP contribution in [0.25, 0.3) is 17.1 Å². The minimum absolute atomic E-state index is 0.0524. The summed E-state index contributed by atoms with van der Waals surface area (Å²) in [6.45, 7) is 2.49. The summed E-state index contributed by atoms with van der Waals surface area (Å²) in [5.41, 5.74) is 10.2. The molecule has 0 spiro atoms. The number of carbonyl (C=O) groups is 6. The molecule has 39 heteroatoms. The lowest BCUT2D eigenvalue weighted by atomic mass is 9.65. The second-order valence-corrected chi connectivity index (χ2v) is 33.0. The number of aromatic hydroxyl groups is 1. The topological polar surface area (TPSA) is 417 Å². The van der Waals surface area contributed by atoms with Gasteiger partial charge in [-0.2, -0.15) is 0 Å². The van der Waals surface area contributed by atoms with Crippen molar-refractivity contribution in [1.82, 2.24) is 60.9 Å². The molecule has 9 heterocycles. The first-order valence-corrected chi connectivity index (χ1v) is 42.6. The summed E-state index contributed by atoms with van der Waals surface area (Å²) in [4.78, 5) is 81.3. The number of nitrogens with zero attached hydrogens (tertiary/aromatic N) is 9. The van der Waals surface area contributed by atoms with E-state index in [0.29, 0.717) is 108 Å². The van der Waals surface area contributed by atoms with E-state index in [1.807, 2.05) is 104 Å². The van der Waals surface area contributed by atoms with Gasteiger partial charge in [0.2, 0.25) is 37.6 Å². The molecule has 0 unspecified atom stereocenters. The zero-order valence-corrected chi connectivity index (χ0v) is 74.2. The van der Waals surface area contributed by atoms with Gasteiger partial charge in [-0.05, 0) is 184 Å². The number of hydrogen-bond acceptors (Lipinski definition) is 31. The first-order chi connectivity index (χ1) is 64.6. The number of esters is 3. The van der Waals surface area contributed by atoms with Gasteiger partial charge >= 0.3 is 17.9 Å². The van der Waals surface area contributed by atoms with E-state index in [2.05, 4.69) is 46.9 Å². The average molecular weight is 1850 g/mol. The van der Waals surface area contributed by atoms with Crippen molar-refractivity contribution in [2.75, 3.05) is 104 Å². The van der Waals surface area contributed by atoms with Crippen LogP contribution in [-0.2, 0) is 28.6 Å². The number of nitrogens with one attached hydrogen (secondary N) is 3. The van der Waals surface area contributed by atoms with Gasteiger partial charge in [-0.1, -0.05) is 56.5 Å². The van der Waals surface area contributed by atoms with Crippen LogP contribution in [0.4, 0.5) is 0 Å². The van der Waals surface area contributed by atoms with Gasteiger partial charge in [0, 0.05) is 35.5 Å². The van der Waals surface area contributed by atoms with E-state index in [0.717, 1.165) is 61.3 Å². The second-order valence-electron chi connectivity index (χ2n) is 32.2. The molecule has 3 amide bonds. The van der Waals surface area contributed by atoms with Crippen LogP contribution in [0.1, 0.15) is 123 Å². The molecule has 3 fully saturated rings. The Bertz CT molecular complexity index is 6290. The summed E-state index contributed by atoms with van der Waals surface area (Å²) < 4.78 is 106. The van der Waals surface area contributed by atoms with Gasteiger partial charge in [0.05, 0.1) is 165 Å². The van der Waals surface area contributed by atoms with Gasteiger partial charge in [0.25, 0.3) is 17.7 Å². The quantitative estimate of drug-likeness (QED) is 0.0383. The number of rotatable bonds is 21. The van der Waals surface area contributed by atoms with Gasteiger partial charge in [0.15, 0.2) is 86.1 Å². The smallest absolute Gasteiger partial charge is 0.310 e. The second kappa shape index (κ2) is 35.8. The summed E-state index contributed by atoms with van der Waals surface area (Å²) in [6, 6.07) is 39.3. The Balaban J connectivity index is 0.000000129. The van der Waals surface area contributed by atoms with Crippen LogP contribution in [0.5, 0.6) is 92.0 Å². The van der Waals surface area contributed by atoms with Crippen LogP contribution in [0.15, 0.2) is 158 Å². The van der Waals surface area contributed by atoms with E-state index >= 15 is 0 Å². The Hall–Kier alpha value is -15.4. The van der Waals surface area contributed by atoms with Crippen molar-refractivity contribution in [3.8, 4) is 109 Å². The third-order valence-corrected chi connectivity index (χ3v) is 26.1. The maximum absolute atomic E-state index is 13.7. The van der Waals surface area contributed by atoms with Gasteiger partial charge in [-0.25, -0.2) is 14.0 Å². The Morgan fingerprint density at radius 1 is 0.353 bits per heavy atom. The van der Waals surface area contributed by atoms with Crippen molar-refractivity contribution < 1.29 is 119 Å². The Morgan fingerprint density at radius 3 is 0.917 bits per heavy atom. The van der Waals surface area contributed by atoms with E-state index in [9.17, 15) is 33.9 Å². The fourth-order valence-corrected chi connectivity index (χ4v) is 19.4. The molecule has 3 aliphatic carbocycles. The molecule has 133 heavy (non-hydrogen) atoms. The Labute approximate surface area is 767 Å². The minimum Gasteiger partial charge on any atom is -0.508 e. The lowest BCUT2D eigenvalue weighted by Gasteiger charge is -2.39. The van der Waals surface area contributed by atoms with Gasteiger partial charge in [0.1, 0.15) is 5.75 Å². The first kappa shape index (κ1) is 87.0. The maximum Gasteiger partial charge on any atom is 0.310 e. The molecule has 9 aliphatic rings. The van der Waals surface area contributed by atoms with Crippen LogP contribution < -0.4 is 87.0 Å². The lowest BCUT2D eigenvalue weighted by Crippen LogP contribution is -2.43. The van der Waals surface area contributed by atoms with Crippen molar-refractivity contribution in [2.45, 2.75) is 42.8 Å². The van der Waals surface area contributed by atoms with Crippen molar-refractivity contribution in [2.24, 2.45) is 35.5 Å². The van der Waals surface area contributed by atoms with E-state index in [1.54, 1.807) is 55.4 Å². The number of fused-ring (bicyclic) bond motifs is 9. The number of benzene rings is 9. The number of carbonyl (C=O) groups excluding carboxylic acids is 6. The van der Waals surface area contributed by atoms with Gasteiger partial charge in [-0.15, -0.1) is 15.3 Å². The summed E-state index contributed by atoms with van der Waals surface area (Å²) in [5, 5.41) is 44.3. The number of aryl methyl sites for hydroxylation is 1. The molecule has 0 bridgehead atoms. The zero-order valence-electron chi connectivity index (χ0n) is 72.7. The Morgan fingerprint density at radius 2 is 0.632 bits per heavy atom. The molecule has 4 N–H and O–H groups in total. The molecular formula is C94H84Cl2N12O25. The molecule has 12 aromatic rings. The predicted octanol–water partition coefficient (Wildman–Crippen LogP) is 11.6. The van der Waals surface area contributed by atoms with E-state index in [1.165, 1.54) is 83.7 Å². The number of phenols is 1. The number of phenolic OH excluding ortho intramolecular Hbond substituents is 1. The van der Waals surface area contributed by atoms with Crippen molar-refractivity contribution in [3.05, 3.63) is 241 Å². The zero-order chi connectivity index (χ0) is 92.5. The molecule has 12 atom stereocenters. The SMILES string of the molecule is COc1cc([C@@H]2c3cc4c(cc3[C@@H](NC(=O)c3cn(-c5ccc(C)cc5)nn3)[C@H]3COC(=O)[C@H]23)OCO4)cc(OC)c1OC.COc1cc([C@@H]2c3cc4c(cc3[C@@H](NC(=O)c3cn(-c5ccc(Cl)c(Cl)c5)nn3)[C@H]3COC(=O)[C@H]23)OCO4)cc(OC)c1OC.COc1cc([C@@H]2c3cc4c(cc3[C@@H](NC(=O)c3cn(-c5ccc(O)cc5)nn3)[C@H]3COC(=O)[C@H]23)OCO4)cc(OC)c1OC. The largest absolute Gasteiger partial charge is 0.508 e. The normalized spacial score (nSPS) is 21.2. The molecule has 3 aromatic heterocycles. The molecule has 0 saturated carbocycles. The first-order valence-electron chi connectivity index (χ1n) is 41.8. The highest BCUT2D eigenvalue weighted by Crippen LogP contribution is 2.60. The van der Waals surface area contributed by atoms with Gasteiger partial charge < -0.3 is 106 Å². The molecule has 0 radical (unpaired) electrons. The third kappa shape index (κ3) is 15.8. The minimum atomic E-state index is -0.655. The number of hydrogen-bond donors (Lipinski definition) is 4. The molecule has 3 saturated heterocycles. The predicted molar refractivity (Wildman–Crippen MR) is 466 cm³/mol. The molecule has 21 rings (SSSR count). The van der Waals surface area contributed by atoms with Crippen LogP contribution in [0.3, 0.4) is 0 Å². The third-order valence-electron chi connectivity index (χ3n) is 25.3. The molecular weight excluding hydrogens is 1770 g/mol. The standard InChI is InChI=1S/C32H30N4O8.C31H26Cl2N4O8.C31H28N4O9/c1-16-5-7-18(8-6-16)36-13-22(34-35-36)31(37)33-29-20-12-24-23(43-15-44-24)11-19(20)27(28-21(29)14-42-32(28)38)17-9-25(39-2)30(41-4)26(10-17)40-3;1-40-24-6-14(7-25(41-2)29(24)42-3)26-16-9-22-23(45-13-44-22)10-17(16)28(18-12-43-31(39)27(18)26)34-30(38)21-11-37(36-35-21)15-4-5-19(32)20(33)8-15;1-39-24-8-15(9-25(40-2)29(24)41-3)26-18-10-22-23(44-14-43-22)11-19(18)28(20-13-42-31(38)27(20)26)32-30(37)21-12-35(34-33-21)16-4-6-17(36)7-5-16/h5-13,21,27-29H,14-15H2,1-4H3,(H,33,37);4-11,18,26-28H,12-13H2,1-3H3,(H,34,38);4-12,20,26-28,36H,13-14H2,1-3H3,(H,32,37)/t21-,27+,28-,29+;18-,26+,27-,28+;20-,26+,27-,28+/m000/s1. The number of methoxy groups -OCH3 is 9. The van der Waals surface area contributed by atoms with Crippen molar-refractivity contribution >= 4 is 58.8 Å². The van der Waals surface area contributed by atoms with Crippen molar-refractivity contribution in [3.63, 3.8) is 0 Å². The maximum atomic E-state index is 13.7. The number of amides is 3. The highest BCUT2D eigenvalue weighted by Gasteiger charge is 2.57. The monoisotopic (exact) mass is 1850 g/mol. The van der Waals surface area contributed by atoms with E-state index in [-0.39, 0.29) is 80.9 Å².